The molecule has 0 saturated carbocycles. The van der Waals surface area contributed by atoms with E-state index in [9.17, 15) is 19.2 Å². The molecule has 8 N–H and O–H groups in total. The van der Waals surface area contributed by atoms with Crippen LogP contribution in [0.25, 0.3) is 0 Å². The first kappa shape index (κ1) is 67.3. The number of hydrogen-bond acceptors (Lipinski definition) is 12. The number of carboxylic acid groups (broad SMARTS) is 4. The fraction of sp³-hybridized carbons (Fsp3) is 0.905. The van der Waals surface area contributed by atoms with Crippen LogP contribution in [0.3, 0.4) is 0 Å². The normalized spacial score (nSPS) is 9.79. The van der Waals surface area contributed by atoms with Gasteiger partial charge < -0.3 is 59.8 Å². The van der Waals surface area contributed by atoms with Crippen LogP contribution in [0.5, 0.6) is 0 Å². The van der Waals surface area contributed by atoms with Crippen molar-refractivity contribution in [1.29, 1.82) is 0 Å². The van der Waals surface area contributed by atoms with Crippen molar-refractivity contribution in [3.63, 3.8) is 0 Å². The molecule has 0 aliphatic carbocycles. The summed E-state index contributed by atoms with van der Waals surface area (Å²) in [6.07, 6.45) is 20.9. The quantitative estimate of drug-likeness (QED) is 0.0296. The van der Waals surface area contributed by atoms with Crippen LogP contribution in [-0.2, 0) is 38.1 Å². The Morgan fingerprint density at radius 1 is 0.293 bits per heavy atom. The maximum Gasteiger partial charge on any atom is 0.303 e. The van der Waals surface area contributed by atoms with Gasteiger partial charge in [0.05, 0.1) is 79.3 Å². The molecule has 16 nitrogen and oxygen atoms in total. The zero-order valence-electron chi connectivity index (χ0n) is 36.9. The van der Waals surface area contributed by atoms with Crippen LogP contribution in [0.2, 0.25) is 0 Å². The van der Waals surface area contributed by atoms with Gasteiger partial charge in [0, 0.05) is 25.7 Å². The van der Waals surface area contributed by atoms with Crippen LogP contribution in [0, 0.1) is 0 Å². The molecule has 0 spiro atoms. The summed E-state index contributed by atoms with van der Waals surface area (Å²) in [5, 5.41) is 66.0. The minimum Gasteiger partial charge on any atom is -0.481 e. The third kappa shape index (κ3) is 105. The molecule has 0 saturated heterocycles. The van der Waals surface area contributed by atoms with E-state index in [1.54, 1.807) is 0 Å². The van der Waals surface area contributed by atoms with E-state index in [0.29, 0.717) is 78.5 Å². The fourth-order valence-corrected chi connectivity index (χ4v) is 4.07. The number of carboxylic acids is 4. The van der Waals surface area contributed by atoms with Crippen LogP contribution >= 0.6 is 0 Å². The molecule has 0 heterocycles. The molecule has 0 aliphatic rings. The summed E-state index contributed by atoms with van der Waals surface area (Å²) in [6.45, 7) is 12.0. The summed E-state index contributed by atoms with van der Waals surface area (Å²) in [6, 6.07) is 0. The minimum absolute atomic E-state index is 0.0417. The highest BCUT2D eigenvalue weighted by atomic mass is 16.5. The summed E-state index contributed by atoms with van der Waals surface area (Å²) in [5.74, 6) is -2.69. The minimum atomic E-state index is -0.675. The Kier molecular flexibility index (Phi) is 80.3. The van der Waals surface area contributed by atoms with E-state index in [2.05, 4.69) is 27.7 Å². The Bertz CT molecular complexity index is 694. The van der Waals surface area contributed by atoms with Crippen molar-refractivity contribution in [2.24, 2.45) is 0 Å². The standard InChI is InChI=1S/2C8H16O2.2C7H14O2.2C6H14O4/c2*1-2-3-4-5-6-7-8(9)10;2*1-2-3-4-5-6-7(8)9;2*7-1-3-9-5-6-10-4-2-8/h2*2-7H2,1H3,(H,9,10);2*2-6H2,1H3,(H,8,9);2*7-8H,1-6H2. The molecule has 0 aromatic rings. The lowest BCUT2D eigenvalue weighted by Gasteiger charge is -2.01. The van der Waals surface area contributed by atoms with Crippen LogP contribution in [0.15, 0.2) is 0 Å². The van der Waals surface area contributed by atoms with Crippen molar-refractivity contribution in [2.75, 3.05) is 79.3 Å². The number of rotatable bonds is 36. The van der Waals surface area contributed by atoms with Crippen molar-refractivity contribution in [2.45, 2.75) is 169 Å². The van der Waals surface area contributed by atoms with Gasteiger partial charge in [-0.05, 0) is 25.7 Å². The predicted octanol–water partition coefficient (Wildman–Crippen LogP) is 6.95. The van der Waals surface area contributed by atoms with E-state index in [-0.39, 0.29) is 26.4 Å². The van der Waals surface area contributed by atoms with Crippen LogP contribution in [0.4, 0.5) is 0 Å². The van der Waals surface area contributed by atoms with Gasteiger partial charge in [-0.1, -0.05) is 118 Å². The molecular formula is C42H88O16. The van der Waals surface area contributed by atoms with Crippen molar-refractivity contribution < 1.29 is 79.0 Å². The lowest BCUT2D eigenvalue weighted by molar-refractivity contribution is -0.138. The van der Waals surface area contributed by atoms with Gasteiger partial charge in [0.15, 0.2) is 0 Å². The zero-order chi connectivity index (χ0) is 45.2. The number of aliphatic hydroxyl groups excluding tert-OH is 4. The van der Waals surface area contributed by atoms with Gasteiger partial charge in [-0.15, -0.1) is 0 Å². The number of ether oxygens (including phenoxy) is 4. The number of aliphatic carboxylic acids is 4. The molecule has 0 atom stereocenters. The molecular weight excluding hydrogens is 760 g/mol. The number of hydrogen-bond donors (Lipinski definition) is 8. The predicted molar refractivity (Wildman–Crippen MR) is 226 cm³/mol. The second-order valence-corrected chi connectivity index (χ2v) is 12.9. The molecule has 0 aliphatic heterocycles. The summed E-state index contributed by atoms with van der Waals surface area (Å²) in [4.78, 5) is 40.0. The summed E-state index contributed by atoms with van der Waals surface area (Å²) >= 11 is 0. The molecule has 352 valence electrons. The third-order valence-electron chi connectivity index (χ3n) is 7.16. The molecule has 16 heteroatoms. The first-order valence-corrected chi connectivity index (χ1v) is 21.5. The lowest BCUT2D eigenvalue weighted by atomic mass is 10.1. The van der Waals surface area contributed by atoms with Crippen molar-refractivity contribution >= 4 is 23.9 Å². The summed E-state index contributed by atoms with van der Waals surface area (Å²) in [7, 11) is 0. The lowest BCUT2D eigenvalue weighted by Crippen LogP contribution is -2.09. The van der Waals surface area contributed by atoms with E-state index in [1.165, 1.54) is 51.4 Å². The number of unbranched alkanes of at least 4 members (excludes halogenated alkanes) is 14. The zero-order valence-corrected chi connectivity index (χ0v) is 36.9. The van der Waals surface area contributed by atoms with Gasteiger partial charge in [0.2, 0.25) is 0 Å². The van der Waals surface area contributed by atoms with Gasteiger partial charge in [0.25, 0.3) is 0 Å². The van der Waals surface area contributed by atoms with Crippen LogP contribution in [0.1, 0.15) is 169 Å². The Labute approximate surface area is 350 Å². The average molecular weight is 849 g/mol. The van der Waals surface area contributed by atoms with Gasteiger partial charge in [-0.25, -0.2) is 0 Å². The second kappa shape index (κ2) is 69.2. The summed E-state index contributed by atoms with van der Waals surface area (Å²) < 4.78 is 19.5. The van der Waals surface area contributed by atoms with E-state index in [0.717, 1.165) is 64.2 Å². The first-order chi connectivity index (χ1) is 27.9. The molecule has 0 aromatic carbocycles. The highest BCUT2D eigenvalue weighted by Crippen LogP contribution is 2.05. The van der Waals surface area contributed by atoms with Gasteiger partial charge in [-0.2, -0.15) is 0 Å². The Morgan fingerprint density at radius 2 is 0.466 bits per heavy atom. The molecule has 0 aromatic heterocycles. The molecule has 0 rings (SSSR count). The van der Waals surface area contributed by atoms with Crippen molar-refractivity contribution in [3.05, 3.63) is 0 Å². The van der Waals surface area contributed by atoms with Crippen molar-refractivity contribution in [1.82, 2.24) is 0 Å². The molecule has 0 radical (unpaired) electrons. The smallest absolute Gasteiger partial charge is 0.303 e. The maximum absolute atomic E-state index is 10.0. The Morgan fingerprint density at radius 3 is 0.621 bits per heavy atom. The fourth-order valence-electron chi connectivity index (χ4n) is 4.07. The monoisotopic (exact) mass is 849 g/mol. The van der Waals surface area contributed by atoms with E-state index < -0.39 is 23.9 Å². The highest BCUT2D eigenvalue weighted by Gasteiger charge is 1.97. The largest absolute Gasteiger partial charge is 0.481 e. The Balaban J connectivity index is -0.000000140. The van der Waals surface area contributed by atoms with Gasteiger partial charge in [0.1, 0.15) is 0 Å². The van der Waals surface area contributed by atoms with E-state index >= 15 is 0 Å². The third-order valence-corrected chi connectivity index (χ3v) is 7.16. The molecule has 0 unspecified atom stereocenters. The van der Waals surface area contributed by atoms with Crippen LogP contribution in [-0.4, -0.2) is 144 Å². The maximum atomic E-state index is 10.0. The SMILES string of the molecule is CCCCCCC(=O)O.CCCCCCC(=O)O.CCCCCCCC(=O)O.CCCCCCCC(=O)O.OCCOCCOCCO.OCCOCCOCCO. The number of carbonyl (C=O) groups is 4. The second-order valence-electron chi connectivity index (χ2n) is 12.9. The highest BCUT2D eigenvalue weighted by molar-refractivity contribution is 5.67. The summed E-state index contributed by atoms with van der Waals surface area (Å²) in [5.41, 5.74) is 0. The molecule has 0 bridgehead atoms. The van der Waals surface area contributed by atoms with E-state index in [4.69, 9.17) is 59.8 Å². The van der Waals surface area contributed by atoms with Gasteiger partial charge >= 0.3 is 23.9 Å². The van der Waals surface area contributed by atoms with Crippen LogP contribution < -0.4 is 0 Å². The van der Waals surface area contributed by atoms with E-state index in [1.807, 2.05) is 0 Å². The molecule has 0 amide bonds. The first-order valence-electron chi connectivity index (χ1n) is 21.5. The average Bonchev–Trinajstić information content (AvgIpc) is 3.19. The number of aliphatic hydroxyl groups is 4. The molecule has 58 heavy (non-hydrogen) atoms. The van der Waals surface area contributed by atoms with Gasteiger partial charge in [-0.3, -0.25) is 19.2 Å². The Hall–Kier alpha value is -2.44. The van der Waals surface area contributed by atoms with Crippen molar-refractivity contribution in [3.8, 4) is 0 Å². The topological polar surface area (TPSA) is 267 Å². The molecule has 0 fully saturated rings.